The summed E-state index contributed by atoms with van der Waals surface area (Å²) in [6.45, 7) is 1.61. The first-order valence-electron chi connectivity index (χ1n) is 14.5. The summed E-state index contributed by atoms with van der Waals surface area (Å²) in [5.41, 5.74) is 1.31. The lowest BCUT2D eigenvalue weighted by molar-refractivity contribution is -0.0485. The summed E-state index contributed by atoms with van der Waals surface area (Å²) >= 11 is 5.40. The molecule has 4 bridgehead atoms. The number of benzene rings is 1. The molecule has 2 aromatic heterocycles. The van der Waals surface area contributed by atoms with Crippen LogP contribution in [0.4, 0.5) is 0 Å². The average Bonchev–Trinajstić information content (AvgIpc) is 2.89. The van der Waals surface area contributed by atoms with Crippen LogP contribution in [-0.4, -0.2) is 47.3 Å². The van der Waals surface area contributed by atoms with E-state index in [1.165, 1.54) is 62.5 Å². The molecule has 2 unspecified atom stereocenters. The fourth-order valence-electron chi connectivity index (χ4n) is 8.40. The summed E-state index contributed by atoms with van der Waals surface area (Å²) in [4.78, 5) is 36.5. The normalized spacial score (nSPS) is 31.4. The highest BCUT2D eigenvalue weighted by atomic mass is 32.1. The van der Waals surface area contributed by atoms with Crippen molar-refractivity contribution in [3.63, 3.8) is 0 Å². The zero-order chi connectivity index (χ0) is 26.0. The number of hydrogen-bond acceptors (Lipinski definition) is 6. The Morgan fingerprint density at radius 3 is 2.29 bits per heavy atom. The first-order valence-corrected chi connectivity index (χ1v) is 14.9. The second kappa shape index (κ2) is 9.52. The molecule has 0 amide bonds. The van der Waals surface area contributed by atoms with Crippen molar-refractivity contribution in [1.29, 1.82) is 0 Å². The Bertz CT molecular complexity index is 1530. The number of H-pyrrole nitrogens is 1. The maximum Gasteiger partial charge on any atom is 0.296 e. The second-order valence-electron chi connectivity index (χ2n) is 12.2. The van der Waals surface area contributed by atoms with Gasteiger partial charge in [-0.05, 0) is 88.1 Å². The van der Waals surface area contributed by atoms with Gasteiger partial charge in [-0.25, -0.2) is 4.98 Å². The molecule has 0 spiro atoms. The van der Waals surface area contributed by atoms with Crippen LogP contribution in [-0.2, 0) is 0 Å². The zero-order valence-electron chi connectivity index (χ0n) is 22.0. The summed E-state index contributed by atoms with van der Waals surface area (Å²) in [6, 6.07) is 9.71. The molecule has 4 fully saturated rings. The van der Waals surface area contributed by atoms with Gasteiger partial charge in [-0.1, -0.05) is 37.8 Å². The summed E-state index contributed by atoms with van der Waals surface area (Å²) < 4.78 is 3.38. The van der Waals surface area contributed by atoms with Crippen molar-refractivity contribution in [3.05, 3.63) is 55.4 Å². The van der Waals surface area contributed by atoms with Crippen LogP contribution in [0.2, 0.25) is 0 Å². The molecule has 200 valence electrons. The lowest BCUT2D eigenvalue weighted by atomic mass is 9.68. The van der Waals surface area contributed by atoms with Gasteiger partial charge < -0.3 is 4.57 Å². The van der Waals surface area contributed by atoms with Gasteiger partial charge in [-0.15, -0.1) is 0 Å². The predicted molar refractivity (Wildman–Crippen MR) is 149 cm³/mol. The van der Waals surface area contributed by atoms with E-state index in [0.29, 0.717) is 18.1 Å². The summed E-state index contributed by atoms with van der Waals surface area (Å²) in [5, 5.41) is 4.34. The first-order chi connectivity index (χ1) is 18.5. The monoisotopic (exact) mass is 532 g/mol. The molecule has 2 aliphatic carbocycles. The van der Waals surface area contributed by atoms with Crippen LogP contribution in [0.3, 0.4) is 0 Å². The van der Waals surface area contributed by atoms with E-state index in [2.05, 4.69) is 15.0 Å². The van der Waals surface area contributed by atoms with Crippen molar-refractivity contribution in [3.8, 4) is 5.82 Å². The SMILES string of the molecule is Cc1nn(-c2nc3ccccc3n(C3C[C@H]4CCC[C@@H](C3)N4C3C[C@H]4CCC[C@@H](C3)C4)c2=O)c(=S)[nH]c1=O. The number of nitrogens with zero attached hydrogens (tertiary/aromatic N) is 5. The molecule has 8 nitrogen and oxygen atoms in total. The van der Waals surface area contributed by atoms with Crippen LogP contribution in [0, 0.1) is 23.5 Å². The minimum Gasteiger partial charge on any atom is -0.300 e. The van der Waals surface area contributed by atoms with Gasteiger partial charge in [0.15, 0.2) is 0 Å². The van der Waals surface area contributed by atoms with Gasteiger partial charge in [0.2, 0.25) is 10.6 Å². The van der Waals surface area contributed by atoms with Crippen LogP contribution in [0.15, 0.2) is 33.9 Å². The number of rotatable bonds is 3. The van der Waals surface area contributed by atoms with E-state index in [1.54, 1.807) is 6.92 Å². The van der Waals surface area contributed by atoms with Crippen molar-refractivity contribution >= 4 is 23.3 Å². The van der Waals surface area contributed by atoms with Gasteiger partial charge in [-0.3, -0.25) is 19.5 Å². The van der Waals surface area contributed by atoms with E-state index in [-0.39, 0.29) is 33.4 Å². The number of aromatic amines is 1. The van der Waals surface area contributed by atoms with E-state index in [4.69, 9.17) is 17.2 Å². The van der Waals surface area contributed by atoms with E-state index in [9.17, 15) is 9.59 Å². The quantitative estimate of drug-likeness (QED) is 0.486. The topological polar surface area (TPSA) is 88.8 Å². The molecular weight excluding hydrogens is 496 g/mol. The third-order valence-corrected chi connectivity index (χ3v) is 10.1. The Balaban J connectivity index is 1.29. The number of piperidine rings is 2. The number of para-hydroxylation sites is 2. The fraction of sp³-hybridized carbons (Fsp3) is 0.621. The minimum absolute atomic E-state index is 0.0848. The molecule has 0 radical (unpaired) electrons. The summed E-state index contributed by atoms with van der Waals surface area (Å²) in [7, 11) is 0. The van der Waals surface area contributed by atoms with Crippen LogP contribution >= 0.6 is 12.2 Å². The molecule has 1 N–H and O–H groups in total. The maximum atomic E-state index is 14.2. The van der Waals surface area contributed by atoms with E-state index >= 15 is 0 Å². The maximum absolute atomic E-state index is 14.2. The molecule has 4 aliphatic rings. The van der Waals surface area contributed by atoms with Crippen molar-refractivity contribution in [2.24, 2.45) is 11.8 Å². The lowest BCUT2D eigenvalue weighted by Gasteiger charge is -2.55. The zero-order valence-corrected chi connectivity index (χ0v) is 22.8. The van der Waals surface area contributed by atoms with Gasteiger partial charge in [0.1, 0.15) is 5.69 Å². The van der Waals surface area contributed by atoms with Crippen molar-refractivity contribution < 1.29 is 0 Å². The molecule has 38 heavy (non-hydrogen) atoms. The fourth-order valence-corrected chi connectivity index (χ4v) is 8.62. The standard InChI is InChI=1S/C29H36N6O2S/c1-17-27(36)31-29(38)35(32-17)26-28(37)34(25-11-3-2-10-24(25)30-26)23-15-20-8-5-9-21(16-23)33(20)22-13-18-6-4-7-19(12-18)14-22/h2-3,10-11,18-23H,4-9,12-16H2,1H3,(H,31,36,38)/t18-,19+,20-,21+,22?,23?. The smallest absolute Gasteiger partial charge is 0.296 e. The van der Waals surface area contributed by atoms with E-state index in [1.807, 2.05) is 28.8 Å². The molecule has 3 aromatic rings. The Morgan fingerprint density at radius 1 is 0.868 bits per heavy atom. The molecule has 6 atom stereocenters. The minimum atomic E-state index is -0.348. The van der Waals surface area contributed by atoms with Gasteiger partial charge in [0.25, 0.3) is 11.1 Å². The third-order valence-electron chi connectivity index (χ3n) is 9.87. The highest BCUT2D eigenvalue weighted by Crippen LogP contribution is 2.47. The summed E-state index contributed by atoms with van der Waals surface area (Å²) in [5.74, 6) is 1.98. The first kappa shape index (κ1) is 24.4. The predicted octanol–water partition coefficient (Wildman–Crippen LogP) is 4.84. The lowest BCUT2D eigenvalue weighted by Crippen LogP contribution is -2.58. The van der Waals surface area contributed by atoms with Crippen molar-refractivity contribution in [1.82, 2.24) is 29.2 Å². The van der Waals surface area contributed by atoms with E-state index in [0.717, 1.165) is 35.7 Å². The largest absolute Gasteiger partial charge is 0.300 e. The number of hydrogen-bond donors (Lipinski definition) is 1. The molecule has 7 rings (SSSR count). The second-order valence-corrected chi connectivity index (χ2v) is 12.6. The van der Waals surface area contributed by atoms with Gasteiger partial charge in [0, 0.05) is 24.2 Å². The molecular formula is C29H36N6O2S. The van der Waals surface area contributed by atoms with Crippen molar-refractivity contribution in [2.75, 3.05) is 0 Å². The van der Waals surface area contributed by atoms with Crippen LogP contribution < -0.4 is 11.1 Å². The van der Waals surface area contributed by atoms with Gasteiger partial charge in [-0.2, -0.15) is 9.78 Å². The van der Waals surface area contributed by atoms with Crippen molar-refractivity contribution in [2.45, 2.75) is 102 Å². The molecule has 9 heteroatoms. The average molecular weight is 533 g/mol. The highest BCUT2D eigenvalue weighted by Gasteiger charge is 2.45. The number of nitrogens with one attached hydrogen (secondary N) is 1. The number of aromatic nitrogens is 5. The van der Waals surface area contributed by atoms with E-state index < -0.39 is 0 Å². The van der Waals surface area contributed by atoms with Crippen LogP contribution in [0.1, 0.15) is 82.4 Å². The van der Waals surface area contributed by atoms with Crippen LogP contribution in [0.25, 0.3) is 16.9 Å². The number of aryl methyl sites for hydroxylation is 1. The third kappa shape index (κ3) is 4.09. The molecule has 4 heterocycles. The molecule has 2 saturated carbocycles. The highest BCUT2D eigenvalue weighted by molar-refractivity contribution is 7.71. The molecule has 2 saturated heterocycles. The molecule has 1 aromatic carbocycles. The van der Waals surface area contributed by atoms with Gasteiger partial charge >= 0.3 is 0 Å². The molecule has 2 aliphatic heterocycles. The Morgan fingerprint density at radius 2 is 1.55 bits per heavy atom. The summed E-state index contributed by atoms with van der Waals surface area (Å²) in [6.07, 6.45) is 14.1. The number of fused-ring (bicyclic) bond motifs is 5. The Kier molecular flexibility index (Phi) is 6.11. The van der Waals surface area contributed by atoms with Crippen LogP contribution in [0.5, 0.6) is 0 Å². The Hall–Kier alpha value is -2.65. The Labute approximate surface area is 227 Å². The van der Waals surface area contributed by atoms with Gasteiger partial charge in [0.05, 0.1) is 11.0 Å².